The molecule has 98 valence electrons. The fourth-order valence-corrected chi connectivity index (χ4v) is 2.27. The number of aryl methyl sites for hydroxylation is 2. The van der Waals surface area contributed by atoms with E-state index in [1.165, 1.54) is 5.56 Å². The molecule has 0 saturated heterocycles. The van der Waals surface area contributed by atoms with Crippen LogP contribution in [0.15, 0.2) is 18.2 Å². The Morgan fingerprint density at radius 2 is 2.00 bits per heavy atom. The lowest BCUT2D eigenvalue weighted by Crippen LogP contribution is -2.35. The molecule has 18 heavy (non-hydrogen) atoms. The number of amides is 1. The molecular formula is C15H22N2O. The van der Waals surface area contributed by atoms with E-state index >= 15 is 0 Å². The molecule has 0 unspecified atom stereocenters. The summed E-state index contributed by atoms with van der Waals surface area (Å²) in [6, 6.07) is 5.88. The molecule has 1 saturated carbocycles. The molecule has 0 spiro atoms. The van der Waals surface area contributed by atoms with Gasteiger partial charge in [0, 0.05) is 24.6 Å². The second-order valence-electron chi connectivity index (χ2n) is 5.66. The topological polar surface area (TPSA) is 46.3 Å². The summed E-state index contributed by atoms with van der Waals surface area (Å²) in [6.07, 6.45) is 2.29. The third-order valence-corrected chi connectivity index (χ3v) is 4.06. The first kappa shape index (κ1) is 13.1. The highest BCUT2D eigenvalue weighted by Crippen LogP contribution is 2.45. The molecule has 1 fully saturated rings. The molecule has 1 aliphatic rings. The Labute approximate surface area is 109 Å². The molecule has 1 aliphatic carbocycles. The van der Waals surface area contributed by atoms with Gasteiger partial charge in [0.1, 0.15) is 0 Å². The Morgan fingerprint density at radius 1 is 1.33 bits per heavy atom. The number of rotatable bonds is 4. The fourth-order valence-electron chi connectivity index (χ4n) is 2.27. The maximum absolute atomic E-state index is 12.3. The van der Waals surface area contributed by atoms with Gasteiger partial charge in [-0.15, -0.1) is 0 Å². The van der Waals surface area contributed by atoms with Crippen molar-refractivity contribution in [1.82, 2.24) is 4.90 Å². The molecule has 0 bridgehead atoms. The van der Waals surface area contributed by atoms with Gasteiger partial charge in [0.15, 0.2) is 0 Å². The van der Waals surface area contributed by atoms with Crippen LogP contribution in [0.25, 0.3) is 0 Å². The van der Waals surface area contributed by atoms with Crippen molar-refractivity contribution in [1.29, 1.82) is 0 Å². The van der Waals surface area contributed by atoms with Crippen LogP contribution in [0.1, 0.15) is 34.3 Å². The molecule has 1 amide bonds. The minimum absolute atomic E-state index is 0.0952. The highest BCUT2D eigenvalue weighted by atomic mass is 16.2. The van der Waals surface area contributed by atoms with Gasteiger partial charge >= 0.3 is 0 Å². The Balaban J connectivity index is 2.08. The third-order valence-electron chi connectivity index (χ3n) is 4.06. The minimum atomic E-state index is 0.0952. The van der Waals surface area contributed by atoms with Crippen LogP contribution in [-0.4, -0.2) is 30.9 Å². The number of hydrogen-bond donors (Lipinski definition) is 1. The van der Waals surface area contributed by atoms with Crippen LogP contribution in [-0.2, 0) is 0 Å². The molecule has 0 heterocycles. The van der Waals surface area contributed by atoms with E-state index in [1.807, 2.05) is 37.1 Å². The SMILES string of the molecule is Cc1ccc(C(=O)N(C)CC2(CN)CC2)cc1C. The lowest BCUT2D eigenvalue weighted by atomic mass is 10.0. The monoisotopic (exact) mass is 246 g/mol. The second-order valence-corrected chi connectivity index (χ2v) is 5.66. The fraction of sp³-hybridized carbons (Fsp3) is 0.533. The van der Waals surface area contributed by atoms with E-state index in [4.69, 9.17) is 5.73 Å². The molecule has 1 aromatic rings. The largest absolute Gasteiger partial charge is 0.341 e. The van der Waals surface area contributed by atoms with Crippen molar-refractivity contribution in [3.8, 4) is 0 Å². The Hall–Kier alpha value is -1.35. The minimum Gasteiger partial charge on any atom is -0.341 e. The van der Waals surface area contributed by atoms with Crippen molar-refractivity contribution < 1.29 is 4.79 Å². The van der Waals surface area contributed by atoms with E-state index in [9.17, 15) is 4.79 Å². The average molecular weight is 246 g/mol. The summed E-state index contributed by atoms with van der Waals surface area (Å²) >= 11 is 0. The first-order valence-electron chi connectivity index (χ1n) is 6.50. The zero-order valence-electron chi connectivity index (χ0n) is 11.5. The summed E-state index contributed by atoms with van der Waals surface area (Å²) in [5.74, 6) is 0.0952. The van der Waals surface area contributed by atoms with Gasteiger partial charge < -0.3 is 10.6 Å². The highest BCUT2D eigenvalue weighted by Gasteiger charge is 2.42. The van der Waals surface area contributed by atoms with Gasteiger partial charge in [-0.2, -0.15) is 0 Å². The molecule has 2 rings (SSSR count). The molecule has 3 nitrogen and oxygen atoms in total. The zero-order valence-corrected chi connectivity index (χ0v) is 11.5. The lowest BCUT2D eigenvalue weighted by Gasteiger charge is -2.23. The highest BCUT2D eigenvalue weighted by molar-refractivity contribution is 5.94. The Bertz CT molecular complexity index is 464. The second kappa shape index (κ2) is 4.73. The van der Waals surface area contributed by atoms with E-state index in [1.54, 1.807) is 0 Å². The quantitative estimate of drug-likeness (QED) is 0.884. The van der Waals surface area contributed by atoms with E-state index in [-0.39, 0.29) is 11.3 Å². The molecule has 2 N–H and O–H groups in total. The summed E-state index contributed by atoms with van der Waals surface area (Å²) in [5.41, 5.74) is 9.11. The van der Waals surface area contributed by atoms with Gasteiger partial charge in [-0.1, -0.05) is 6.07 Å². The molecule has 0 radical (unpaired) electrons. The van der Waals surface area contributed by atoms with Crippen LogP contribution in [0, 0.1) is 19.3 Å². The van der Waals surface area contributed by atoms with Gasteiger partial charge in [0.25, 0.3) is 5.91 Å². The maximum Gasteiger partial charge on any atom is 0.253 e. The summed E-state index contributed by atoms with van der Waals surface area (Å²) in [4.78, 5) is 14.1. The maximum atomic E-state index is 12.3. The van der Waals surface area contributed by atoms with Crippen molar-refractivity contribution in [2.24, 2.45) is 11.1 Å². The smallest absolute Gasteiger partial charge is 0.253 e. The predicted octanol–water partition coefficient (Wildman–Crippen LogP) is 2.11. The van der Waals surface area contributed by atoms with E-state index < -0.39 is 0 Å². The summed E-state index contributed by atoms with van der Waals surface area (Å²) in [5, 5.41) is 0. The van der Waals surface area contributed by atoms with E-state index in [0.717, 1.165) is 30.5 Å². The first-order valence-corrected chi connectivity index (χ1v) is 6.50. The van der Waals surface area contributed by atoms with Crippen LogP contribution in [0.2, 0.25) is 0 Å². The average Bonchev–Trinajstić information content (AvgIpc) is 3.12. The van der Waals surface area contributed by atoms with Crippen molar-refractivity contribution in [2.75, 3.05) is 20.1 Å². The van der Waals surface area contributed by atoms with E-state index in [2.05, 4.69) is 6.92 Å². The Morgan fingerprint density at radius 3 is 2.50 bits per heavy atom. The van der Waals surface area contributed by atoms with Crippen molar-refractivity contribution in [3.05, 3.63) is 34.9 Å². The Kier molecular flexibility index (Phi) is 3.44. The van der Waals surface area contributed by atoms with Crippen LogP contribution in [0.4, 0.5) is 0 Å². The predicted molar refractivity (Wildman–Crippen MR) is 73.6 cm³/mol. The van der Waals surface area contributed by atoms with Gasteiger partial charge in [-0.3, -0.25) is 4.79 Å². The van der Waals surface area contributed by atoms with Gasteiger partial charge in [0.05, 0.1) is 0 Å². The summed E-state index contributed by atoms with van der Waals surface area (Å²) in [7, 11) is 1.87. The number of nitrogens with zero attached hydrogens (tertiary/aromatic N) is 1. The molecule has 0 aromatic heterocycles. The van der Waals surface area contributed by atoms with Gasteiger partial charge in [-0.25, -0.2) is 0 Å². The first-order chi connectivity index (χ1) is 8.47. The number of nitrogens with two attached hydrogens (primary N) is 1. The normalized spacial score (nSPS) is 16.4. The molecule has 0 atom stereocenters. The number of benzene rings is 1. The third kappa shape index (κ3) is 2.56. The van der Waals surface area contributed by atoms with Gasteiger partial charge in [-0.05, 0) is 56.5 Å². The standard InChI is InChI=1S/C15H22N2O/c1-11-4-5-13(8-12(11)2)14(18)17(3)10-15(9-16)6-7-15/h4-5,8H,6-7,9-10,16H2,1-3H3. The van der Waals surface area contributed by atoms with Gasteiger partial charge in [0.2, 0.25) is 0 Å². The summed E-state index contributed by atoms with van der Waals surface area (Å²) < 4.78 is 0. The number of hydrogen-bond acceptors (Lipinski definition) is 2. The molecule has 1 aromatic carbocycles. The lowest BCUT2D eigenvalue weighted by molar-refractivity contribution is 0.0766. The number of carbonyl (C=O) groups is 1. The molecule has 3 heteroatoms. The van der Waals surface area contributed by atoms with Crippen LogP contribution >= 0.6 is 0 Å². The van der Waals surface area contributed by atoms with Crippen molar-refractivity contribution in [3.63, 3.8) is 0 Å². The number of carbonyl (C=O) groups excluding carboxylic acids is 1. The zero-order chi connectivity index (χ0) is 13.3. The van der Waals surface area contributed by atoms with E-state index in [0.29, 0.717) is 6.54 Å². The van der Waals surface area contributed by atoms with Crippen molar-refractivity contribution >= 4 is 5.91 Å². The van der Waals surface area contributed by atoms with Crippen LogP contribution < -0.4 is 5.73 Å². The van der Waals surface area contributed by atoms with Crippen LogP contribution in [0.3, 0.4) is 0 Å². The van der Waals surface area contributed by atoms with Crippen molar-refractivity contribution in [2.45, 2.75) is 26.7 Å². The molecular weight excluding hydrogens is 224 g/mol. The molecule has 0 aliphatic heterocycles. The summed E-state index contributed by atoms with van der Waals surface area (Å²) in [6.45, 7) is 5.54. The van der Waals surface area contributed by atoms with Crippen LogP contribution in [0.5, 0.6) is 0 Å².